The third-order valence-electron chi connectivity index (χ3n) is 5.47. The van der Waals surface area contributed by atoms with Crippen molar-refractivity contribution in [2.24, 2.45) is 0 Å². The van der Waals surface area contributed by atoms with Crippen molar-refractivity contribution in [1.29, 1.82) is 0 Å². The second-order valence-electron chi connectivity index (χ2n) is 8.01. The average Bonchev–Trinajstić information content (AvgIpc) is 2.74. The van der Waals surface area contributed by atoms with Gasteiger partial charge in [-0.3, -0.25) is 9.10 Å². The van der Waals surface area contributed by atoms with Crippen LogP contribution in [0.15, 0.2) is 42.5 Å². The molecule has 0 saturated carbocycles. The first-order valence-corrected chi connectivity index (χ1v) is 12.3. The molecule has 1 aliphatic rings. The Morgan fingerprint density at radius 1 is 1.13 bits per heavy atom. The standard InChI is InChI=1S/C23H31N3O4S/c1-17-5-6-18(2)22(15-17)26(31(4,28)29)19(3)23(27)24-16-20-7-9-21(10-8-20)25-11-13-30-14-12-25/h5-10,15,19H,11-14,16H2,1-4H3,(H,24,27)/t19-/m0/s1. The van der Waals surface area contributed by atoms with Crippen molar-refractivity contribution in [3.05, 3.63) is 59.2 Å². The number of ether oxygens (including phenoxy) is 1. The van der Waals surface area contributed by atoms with Crippen LogP contribution in [0.2, 0.25) is 0 Å². The summed E-state index contributed by atoms with van der Waals surface area (Å²) in [7, 11) is -3.65. The van der Waals surface area contributed by atoms with Gasteiger partial charge in [-0.15, -0.1) is 0 Å². The van der Waals surface area contributed by atoms with Gasteiger partial charge in [0, 0.05) is 25.3 Å². The van der Waals surface area contributed by atoms with E-state index in [0.29, 0.717) is 12.2 Å². The molecule has 2 aromatic carbocycles. The fraction of sp³-hybridized carbons (Fsp3) is 0.435. The number of morpholine rings is 1. The fourth-order valence-corrected chi connectivity index (χ4v) is 4.95. The van der Waals surface area contributed by atoms with E-state index in [-0.39, 0.29) is 5.91 Å². The molecule has 1 aliphatic heterocycles. The first kappa shape index (κ1) is 23.1. The van der Waals surface area contributed by atoms with Crippen molar-refractivity contribution in [2.75, 3.05) is 41.8 Å². The highest BCUT2D eigenvalue weighted by molar-refractivity contribution is 7.92. The van der Waals surface area contributed by atoms with Crippen molar-refractivity contribution in [1.82, 2.24) is 5.32 Å². The second kappa shape index (κ2) is 9.70. The van der Waals surface area contributed by atoms with Crippen molar-refractivity contribution in [3.8, 4) is 0 Å². The zero-order valence-electron chi connectivity index (χ0n) is 18.6. The van der Waals surface area contributed by atoms with Gasteiger partial charge in [-0.05, 0) is 55.7 Å². The number of anilines is 2. The molecule has 2 aromatic rings. The molecule has 168 valence electrons. The first-order chi connectivity index (χ1) is 14.7. The molecule has 0 aromatic heterocycles. The summed E-state index contributed by atoms with van der Waals surface area (Å²) >= 11 is 0. The molecule has 1 fully saturated rings. The Morgan fingerprint density at radius 2 is 1.77 bits per heavy atom. The Bertz CT molecular complexity index is 1020. The lowest BCUT2D eigenvalue weighted by Crippen LogP contribution is -2.48. The molecule has 0 bridgehead atoms. The normalized spacial score (nSPS) is 15.4. The molecule has 0 unspecified atom stereocenters. The highest BCUT2D eigenvalue weighted by Crippen LogP contribution is 2.26. The number of benzene rings is 2. The maximum Gasteiger partial charge on any atom is 0.243 e. The number of rotatable bonds is 7. The molecule has 1 amide bonds. The van der Waals surface area contributed by atoms with Crippen LogP contribution in [0.4, 0.5) is 11.4 Å². The number of amides is 1. The van der Waals surface area contributed by atoms with E-state index < -0.39 is 16.1 Å². The molecule has 8 heteroatoms. The van der Waals surface area contributed by atoms with Crippen LogP contribution in [0.5, 0.6) is 0 Å². The van der Waals surface area contributed by atoms with E-state index in [1.165, 1.54) is 4.31 Å². The molecule has 1 heterocycles. The summed E-state index contributed by atoms with van der Waals surface area (Å²) in [5, 5.41) is 2.88. The van der Waals surface area contributed by atoms with Crippen LogP contribution in [0.3, 0.4) is 0 Å². The van der Waals surface area contributed by atoms with Crippen molar-refractivity contribution < 1.29 is 17.9 Å². The maximum atomic E-state index is 12.8. The van der Waals surface area contributed by atoms with E-state index in [4.69, 9.17) is 4.74 Å². The van der Waals surface area contributed by atoms with Gasteiger partial charge in [0.05, 0.1) is 25.2 Å². The third kappa shape index (κ3) is 5.77. The molecular formula is C23H31N3O4S. The van der Waals surface area contributed by atoms with Crippen LogP contribution in [0, 0.1) is 13.8 Å². The minimum absolute atomic E-state index is 0.330. The van der Waals surface area contributed by atoms with Gasteiger partial charge in [-0.2, -0.15) is 0 Å². The van der Waals surface area contributed by atoms with Crippen LogP contribution in [0.25, 0.3) is 0 Å². The summed E-state index contributed by atoms with van der Waals surface area (Å²) in [6, 6.07) is 12.7. The topological polar surface area (TPSA) is 79.0 Å². The Morgan fingerprint density at radius 3 is 2.39 bits per heavy atom. The molecule has 7 nitrogen and oxygen atoms in total. The van der Waals surface area contributed by atoms with Crippen molar-refractivity contribution in [3.63, 3.8) is 0 Å². The molecule has 1 saturated heterocycles. The van der Waals surface area contributed by atoms with Gasteiger partial charge >= 0.3 is 0 Å². The molecular weight excluding hydrogens is 414 g/mol. The number of carbonyl (C=O) groups is 1. The number of sulfonamides is 1. The summed E-state index contributed by atoms with van der Waals surface area (Å²) in [5.41, 5.74) is 4.34. The van der Waals surface area contributed by atoms with E-state index in [9.17, 15) is 13.2 Å². The lowest BCUT2D eigenvalue weighted by Gasteiger charge is -2.30. The Labute approximate surface area is 185 Å². The zero-order valence-corrected chi connectivity index (χ0v) is 19.4. The van der Waals surface area contributed by atoms with Gasteiger partial charge < -0.3 is 15.0 Å². The molecule has 1 N–H and O–H groups in total. The summed E-state index contributed by atoms with van der Waals surface area (Å²) < 4.78 is 31.7. The summed E-state index contributed by atoms with van der Waals surface area (Å²) in [6.07, 6.45) is 1.13. The predicted molar refractivity (Wildman–Crippen MR) is 124 cm³/mol. The number of nitrogens with zero attached hydrogens (tertiary/aromatic N) is 2. The molecule has 3 rings (SSSR count). The third-order valence-corrected chi connectivity index (χ3v) is 6.70. The molecule has 0 spiro atoms. The monoisotopic (exact) mass is 445 g/mol. The van der Waals surface area contributed by atoms with Gasteiger partial charge in [0.25, 0.3) is 0 Å². The number of carbonyl (C=O) groups excluding carboxylic acids is 1. The summed E-state index contributed by atoms with van der Waals surface area (Å²) in [5.74, 6) is -0.344. The van der Waals surface area contributed by atoms with E-state index >= 15 is 0 Å². The molecule has 0 radical (unpaired) electrons. The van der Waals surface area contributed by atoms with Gasteiger partial charge in [-0.1, -0.05) is 24.3 Å². The van der Waals surface area contributed by atoms with Crippen LogP contribution in [0.1, 0.15) is 23.6 Å². The van der Waals surface area contributed by atoms with E-state index in [2.05, 4.69) is 10.2 Å². The quantitative estimate of drug-likeness (QED) is 0.709. The van der Waals surface area contributed by atoms with E-state index in [1.54, 1.807) is 13.0 Å². The van der Waals surface area contributed by atoms with Gasteiger partial charge in [0.1, 0.15) is 6.04 Å². The Hall–Kier alpha value is -2.58. The number of hydrogen-bond donors (Lipinski definition) is 1. The number of nitrogens with one attached hydrogen (secondary N) is 1. The lowest BCUT2D eigenvalue weighted by atomic mass is 10.1. The van der Waals surface area contributed by atoms with Gasteiger partial charge in [0.2, 0.25) is 15.9 Å². The average molecular weight is 446 g/mol. The van der Waals surface area contributed by atoms with Crippen LogP contribution in [-0.2, 0) is 26.1 Å². The van der Waals surface area contributed by atoms with Crippen LogP contribution >= 0.6 is 0 Å². The van der Waals surface area contributed by atoms with Crippen molar-refractivity contribution >= 4 is 27.3 Å². The highest BCUT2D eigenvalue weighted by Gasteiger charge is 2.30. The second-order valence-corrected chi connectivity index (χ2v) is 9.87. The summed E-state index contributed by atoms with van der Waals surface area (Å²) in [6.45, 7) is 8.87. The van der Waals surface area contributed by atoms with Gasteiger partial charge in [-0.25, -0.2) is 8.42 Å². The van der Waals surface area contributed by atoms with E-state index in [1.807, 2.05) is 50.2 Å². The fourth-order valence-electron chi connectivity index (χ4n) is 3.72. The lowest BCUT2D eigenvalue weighted by molar-refractivity contribution is -0.122. The minimum Gasteiger partial charge on any atom is -0.378 e. The largest absolute Gasteiger partial charge is 0.378 e. The van der Waals surface area contributed by atoms with E-state index in [0.717, 1.165) is 54.9 Å². The molecule has 31 heavy (non-hydrogen) atoms. The molecule has 1 atom stereocenters. The smallest absolute Gasteiger partial charge is 0.243 e. The maximum absolute atomic E-state index is 12.8. The zero-order chi connectivity index (χ0) is 22.6. The predicted octanol–water partition coefficient (Wildman–Crippen LogP) is 2.61. The minimum atomic E-state index is -3.65. The number of hydrogen-bond acceptors (Lipinski definition) is 5. The molecule has 0 aliphatic carbocycles. The van der Waals surface area contributed by atoms with Crippen LogP contribution < -0.4 is 14.5 Å². The first-order valence-electron chi connectivity index (χ1n) is 10.4. The highest BCUT2D eigenvalue weighted by atomic mass is 32.2. The SMILES string of the molecule is Cc1ccc(C)c(N([C@@H](C)C(=O)NCc2ccc(N3CCOCC3)cc2)S(C)(=O)=O)c1. The van der Waals surface area contributed by atoms with Gasteiger partial charge in [0.15, 0.2) is 0 Å². The summed E-state index contributed by atoms with van der Waals surface area (Å²) in [4.78, 5) is 15.1. The van der Waals surface area contributed by atoms with Crippen LogP contribution in [-0.4, -0.2) is 52.9 Å². The van der Waals surface area contributed by atoms with Crippen molar-refractivity contribution in [2.45, 2.75) is 33.4 Å². The Balaban J connectivity index is 1.69. The number of aryl methyl sites for hydroxylation is 2. The Kier molecular flexibility index (Phi) is 7.23.